The van der Waals surface area contributed by atoms with Crippen molar-refractivity contribution >= 4 is 17.0 Å². The van der Waals surface area contributed by atoms with E-state index >= 15 is 0 Å². The number of carbonyl (C=O) groups is 1. The van der Waals surface area contributed by atoms with E-state index in [4.69, 9.17) is 4.74 Å². The molecule has 0 spiro atoms. The average Bonchev–Trinajstić information content (AvgIpc) is 2.89. The number of fused-ring (bicyclic) bond motifs is 1. The van der Waals surface area contributed by atoms with Gasteiger partial charge in [-0.15, -0.1) is 0 Å². The van der Waals surface area contributed by atoms with Crippen LogP contribution in [-0.2, 0) is 11.3 Å². The van der Waals surface area contributed by atoms with Crippen LogP contribution in [0.1, 0.15) is 26.5 Å². The second-order valence-corrected chi connectivity index (χ2v) is 5.45. The van der Waals surface area contributed by atoms with Gasteiger partial charge in [-0.2, -0.15) is 0 Å². The number of hydrogen-bond donors (Lipinski definition) is 0. The number of aromatic nitrogens is 1. The van der Waals surface area contributed by atoms with Crippen LogP contribution in [0.3, 0.4) is 0 Å². The fourth-order valence-corrected chi connectivity index (χ4v) is 2.99. The van der Waals surface area contributed by atoms with Gasteiger partial charge in [0.2, 0.25) is 0 Å². The van der Waals surface area contributed by atoms with Crippen LogP contribution in [0.15, 0.2) is 30.3 Å². The maximum absolute atomic E-state index is 12.2. The maximum Gasteiger partial charge on any atom is 0.418 e. The molecule has 4 nitrogen and oxygen atoms in total. The van der Waals surface area contributed by atoms with Crippen molar-refractivity contribution in [1.29, 1.82) is 0 Å². The average molecular weight is 369 g/mol. The van der Waals surface area contributed by atoms with Gasteiger partial charge in [0.25, 0.3) is 0 Å². The summed E-state index contributed by atoms with van der Waals surface area (Å²) in [5.41, 5.74) is 1.94. The molecule has 122 valence electrons. The molecule has 22 heavy (non-hydrogen) atoms. The van der Waals surface area contributed by atoms with Crippen LogP contribution in [0, 0.1) is 0 Å². The van der Waals surface area contributed by atoms with Crippen molar-refractivity contribution in [2.45, 2.75) is 27.3 Å². The number of quaternary nitrogens is 1. The highest BCUT2D eigenvalue weighted by Gasteiger charge is 2.26. The Morgan fingerprint density at radius 1 is 1.14 bits per heavy atom. The lowest BCUT2D eigenvalue weighted by Crippen LogP contribution is -3.00. The molecule has 0 saturated carbocycles. The fraction of sp³-hybridized carbons (Fsp3) is 0.471. The monoisotopic (exact) mass is 368 g/mol. The molecule has 0 unspecified atom stereocenters. The largest absolute Gasteiger partial charge is 1.00 e. The molecular weight excluding hydrogens is 344 g/mol. The smallest absolute Gasteiger partial charge is 0.418 e. The van der Waals surface area contributed by atoms with Gasteiger partial charge in [0.15, 0.2) is 0 Å². The zero-order chi connectivity index (χ0) is 15.5. The normalized spacial score (nSPS) is 11.3. The predicted octanol–water partition coefficient (Wildman–Crippen LogP) is 0.636. The molecule has 0 aliphatic carbocycles. The molecule has 1 heterocycles. The standard InChI is InChI=1S/C17H25N2O2.BrH/c1-5-19(6-2,7-3)13-15-12-14-10-8-9-11-16(14)18(15)17(20)21-4;/h8-12H,5-7,13H2,1-4H3;1H/q+1;/p-1. The summed E-state index contributed by atoms with van der Waals surface area (Å²) in [6.45, 7) is 10.6. The zero-order valence-electron chi connectivity index (χ0n) is 13.8. The molecule has 5 heteroatoms. The molecule has 0 radical (unpaired) electrons. The number of ether oxygens (including phenoxy) is 1. The molecule has 0 saturated heterocycles. The first kappa shape index (κ1) is 18.7. The second-order valence-electron chi connectivity index (χ2n) is 5.45. The van der Waals surface area contributed by atoms with Gasteiger partial charge in [0.1, 0.15) is 6.54 Å². The third-order valence-corrected chi connectivity index (χ3v) is 4.65. The summed E-state index contributed by atoms with van der Waals surface area (Å²) >= 11 is 0. The van der Waals surface area contributed by atoms with Crippen molar-refractivity contribution in [3.05, 3.63) is 36.0 Å². The molecule has 1 aromatic heterocycles. The Bertz CT molecular complexity index is 624. The highest BCUT2D eigenvalue weighted by molar-refractivity contribution is 5.90. The van der Waals surface area contributed by atoms with Crippen molar-refractivity contribution in [3.63, 3.8) is 0 Å². The van der Waals surface area contributed by atoms with Crippen LogP contribution >= 0.6 is 0 Å². The topological polar surface area (TPSA) is 31.2 Å². The number of benzene rings is 1. The summed E-state index contributed by atoms with van der Waals surface area (Å²) < 4.78 is 7.65. The van der Waals surface area contributed by atoms with E-state index < -0.39 is 0 Å². The molecular formula is C17H25BrN2O2. The van der Waals surface area contributed by atoms with Crippen LogP contribution in [0.25, 0.3) is 10.9 Å². The summed E-state index contributed by atoms with van der Waals surface area (Å²) in [5, 5.41) is 1.08. The number of nitrogens with zero attached hydrogens (tertiary/aromatic N) is 2. The van der Waals surface area contributed by atoms with E-state index in [1.807, 2.05) is 24.3 Å². The van der Waals surface area contributed by atoms with Gasteiger partial charge >= 0.3 is 6.09 Å². The Kier molecular flexibility index (Phi) is 6.63. The van der Waals surface area contributed by atoms with E-state index in [1.54, 1.807) is 4.57 Å². The van der Waals surface area contributed by atoms with E-state index in [9.17, 15) is 4.79 Å². The van der Waals surface area contributed by atoms with Gasteiger partial charge in [0, 0.05) is 5.39 Å². The molecule has 0 N–H and O–H groups in total. The third kappa shape index (κ3) is 3.36. The van der Waals surface area contributed by atoms with Crippen molar-refractivity contribution in [2.24, 2.45) is 0 Å². The Labute approximate surface area is 143 Å². The fourth-order valence-electron chi connectivity index (χ4n) is 2.99. The van der Waals surface area contributed by atoms with Gasteiger partial charge in [-0.05, 0) is 32.9 Å². The maximum atomic E-state index is 12.2. The molecule has 0 atom stereocenters. The molecule has 0 bridgehead atoms. The van der Waals surface area contributed by atoms with E-state index in [1.165, 1.54) is 7.11 Å². The van der Waals surface area contributed by atoms with Crippen molar-refractivity contribution in [1.82, 2.24) is 4.57 Å². The number of para-hydroxylation sites is 1. The summed E-state index contributed by atoms with van der Waals surface area (Å²) in [7, 11) is 1.43. The highest BCUT2D eigenvalue weighted by Crippen LogP contribution is 2.23. The number of halogens is 1. The van der Waals surface area contributed by atoms with Crippen LogP contribution in [0.5, 0.6) is 0 Å². The first-order chi connectivity index (χ1) is 10.1. The van der Waals surface area contributed by atoms with Gasteiger partial charge in [0.05, 0.1) is 38.0 Å². The minimum Gasteiger partial charge on any atom is -1.00 e. The summed E-state index contributed by atoms with van der Waals surface area (Å²) in [4.78, 5) is 12.2. The lowest BCUT2D eigenvalue weighted by atomic mass is 10.2. The first-order valence-corrected chi connectivity index (χ1v) is 7.63. The van der Waals surface area contributed by atoms with E-state index in [0.29, 0.717) is 0 Å². The number of hydrogen-bond acceptors (Lipinski definition) is 2. The number of methoxy groups -OCH3 is 1. The zero-order valence-corrected chi connectivity index (χ0v) is 15.4. The number of rotatable bonds is 5. The lowest BCUT2D eigenvalue weighted by molar-refractivity contribution is -0.936. The SMILES string of the molecule is CC[N+](CC)(CC)Cc1cc2ccccc2n1C(=O)OC.[Br-]. The summed E-state index contributed by atoms with van der Waals surface area (Å²) in [6, 6.07) is 10.1. The number of carbonyl (C=O) groups excluding carboxylic acids is 1. The van der Waals surface area contributed by atoms with Crippen LogP contribution < -0.4 is 17.0 Å². The van der Waals surface area contributed by atoms with Gasteiger partial charge < -0.3 is 26.2 Å². The van der Waals surface area contributed by atoms with E-state index in [0.717, 1.165) is 47.3 Å². The Balaban J connectivity index is 0.00000242. The molecule has 2 rings (SSSR count). The van der Waals surface area contributed by atoms with Gasteiger partial charge in [-0.3, -0.25) is 0 Å². The lowest BCUT2D eigenvalue weighted by Gasteiger charge is -2.35. The quantitative estimate of drug-likeness (QED) is 0.725. The molecule has 0 fully saturated rings. The summed E-state index contributed by atoms with van der Waals surface area (Å²) in [6.07, 6.45) is -0.312. The molecule has 0 aliphatic rings. The Hall–Kier alpha value is -1.33. The second kappa shape index (κ2) is 7.79. The summed E-state index contributed by atoms with van der Waals surface area (Å²) in [5.74, 6) is 0. The highest BCUT2D eigenvalue weighted by atomic mass is 79.9. The van der Waals surface area contributed by atoms with E-state index in [2.05, 4.69) is 26.8 Å². The van der Waals surface area contributed by atoms with Gasteiger partial charge in [-0.1, -0.05) is 18.2 Å². The minimum absolute atomic E-state index is 0. The predicted molar refractivity (Wildman–Crippen MR) is 85.3 cm³/mol. The molecule has 0 amide bonds. The Morgan fingerprint density at radius 3 is 2.27 bits per heavy atom. The first-order valence-electron chi connectivity index (χ1n) is 7.63. The molecule has 0 aliphatic heterocycles. The van der Waals surface area contributed by atoms with Crippen LogP contribution in [0.2, 0.25) is 0 Å². The third-order valence-electron chi connectivity index (χ3n) is 4.65. The van der Waals surface area contributed by atoms with Crippen LogP contribution in [0.4, 0.5) is 4.79 Å². The van der Waals surface area contributed by atoms with Crippen LogP contribution in [-0.4, -0.2) is 41.9 Å². The van der Waals surface area contributed by atoms with Crippen molar-refractivity contribution in [3.8, 4) is 0 Å². The molecule has 1 aromatic carbocycles. The van der Waals surface area contributed by atoms with E-state index in [-0.39, 0.29) is 23.1 Å². The minimum atomic E-state index is -0.312. The van der Waals surface area contributed by atoms with Crippen molar-refractivity contribution < 1.29 is 31.0 Å². The Morgan fingerprint density at radius 2 is 1.73 bits per heavy atom. The van der Waals surface area contributed by atoms with Crippen molar-refractivity contribution in [2.75, 3.05) is 26.7 Å². The molecule has 2 aromatic rings. The van der Waals surface area contributed by atoms with Gasteiger partial charge in [-0.25, -0.2) is 9.36 Å².